The fraction of sp³-hybridized carbons (Fsp3) is 0.394. The van der Waals surface area contributed by atoms with Gasteiger partial charge in [-0.1, -0.05) is 48.4 Å². The number of aromatic nitrogens is 3. The van der Waals surface area contributed by atoms with Crippen molar-refractivity contribution in [1.29, 1.82) is 0 Å². The molecule has 1 aromatic heterocycles. The van der Waals surface area contributed by atoms with Crippen LogP contribution < -0.4 is 9.47 Å². The highest BCUT2D eigenvalue weighted by molar-refractivity contribution is 6.34. The van der Waals surface area contributed by atoms with Gasteiger partial charge in [-0.15, -0.1) is 5.10 Å². The number of benzene rings is 3. The molecule has 0 spiro atoms. The maximum Gasteiger partial charge on any atom is 0.306 e. The van der Waals surface area contributed by atoms with E-state index in [1.807, 2.05) is 36.2 Å². The van der Waals surface area contributed by atoms with E-state index in [0.717, 1.165) is 40.6 Å². The predicted octanol–water partition coefficient (Wildman–Crippen LogP) is 6.09. The molecule has 1 aliphatic heterocycles. The number of aryl methyl sites for hydroxylation is 1. The Labute approximate surface area is 256 Å². The molecule has 9 nitrogen and oxygen atoms in total. The number of rotatable bonds is 11. The molecule has 43 heavy (non-hydrogen) atoms. The minimum atomic E-state index is -0.300. The summed E-state index contributed by atoms with van der Waals surface area (Å²) in [5.74, 6) is 0.586. The second-order valence-corrected chi connectivity index (χ2v) is 11.1. The Balaban J connectivity index is 1.45. The molecule has 0 saturated heterocycles. The van der Waals surface area contributed by atoms with E-state index in [9.17, 15) is 9.59 Å². The molecule has 2 heterocycles. The fourth-order valence-electron chi connectivity index (χ4n) is 5.73. The van der Waals surface area contributed by atoms with Gasteiger partial charge in [0.05, 0.1) is 37.3 Å². The summed E-state index contributed by atoms with van der Waals surface area (Å²) >= 11 is 6.54. The van der Waals surface area contributed by atoms with E-state index in [1.54, 1.807) is 36.9 Å². The number of esters is 1. The van der Waals surface area contributed by atoms with Crippen LogP contribution in [0.2, 0.25) is 5.02 Å². The van der Waals surface area contributed by atoms with Gasteiger partial charge in [0.25, 0.3) is 5.91 Å². The topological polar surface area (TPSA) is 95.8 Å². The maximum atomic E-state index is 13.6. The minimum Gasteiger partial charge on any atom is -0.494 e. The van der Waals surface area contributed by atoms with Gasteiger partial charge in [-0.3, -0.25) is 9.59 Å². The standard InChI is InChI=1S/C33H37ClN4O5/c1-5-7-15-43-23-11-12-26(28(34)18-23)33(40)38-14-13-24-21(20-38)9-8-10-25(24)27(19-31(39)42-6-2)22-16-29-32(30(17-22)41-4)37(3)36-35-29/h8-12,16-18,27H,5-7,13-15,19-20H2,1-4H3/t27-/m1/s1. The van der Waals surface area contributed by atoms with Gasteiger partial charge in [-0.2, -0.15) is 0 Å². The molecule has 3 aromatic carbocycles. The molecule has 0 radical (unpaired) electrons. The Morgan fingerprint density at radius 3 is 2.70 bits per heavy atom. The summed E-state index contributed by atoms with van der Waals surface area (Å²) in [5.41, 5.74) is 6.00. The summed E-state index contributed by atoms with van der Waals surface area (Å²) in [4.78, 5) is 28.2. The zero-order valence-corrected chi connectivity index (χ0v) is 25.8. The van der Waals surface area contributed by atoms with Crippen molar-refractivity contribution in [2.45, 2.75) is 52.0 Å². The van der Waals surface area contributed by atoms with Crippen LogP contribution in [0, 0.1) is 0 Å². The van der Waals surface area contributed by atoms with Crippen LogP contribution in [0.5, 0.6) is 11.5 Å². The van der Waals surface area contributed by atoms with E-state index in [4.69, 9.17) is 25.8 Å². The first-order valence-electron chi connectivity index (χ1n) is 14.7. The minimum absolute atomic E-state index is 0.123. The molecular formula is C33H37ClN4O5. The highest BCUT2D eigenvalue weighted by Crippen LogP contribution is 2.38. The number of ether oxygens (including phenoxy) is 3. The summed E-state index contributed by atoms with van der Waals surface area (Å²) in [6.45, 7) is 5.78. The summed E-state index contributed by atoms with van der Waals surface area (Å²) < 4.78 is 18.5. The first kappa shape index (κ1) is 30.4. The summed E-state index contributed by atoms with van der Waals surface area (Å²) in [6, 6.07) is 15.2. The second-order valence-electron chi connectivity index (χ2n) is 10.7. The number of hydrogen-bond donors (Lipinski definition) is 0. The molecule has 10 heteroatoms. The Hall–Kier alpha value is -4.11. The molecule has 0 bridgehead atoms. The Kier molecular flexibility index (Phi) is 9.50. The highest BCUT2D eigenvalue weighted by Gasteiger charge is 2.29. The van der Waals surface area contributed by atoms with Crippen molar-refractivity contribution >= 4 is 34.5 Å². The normalized spacial score (nSPS) is 13.5. The lowest BCUT2D eigenvalue weighted by Crippen LogP contribution is -2.36. The average Bonchev–Trinajstić information content (AvgIpc) is 3.39. The van der Waals surface area contributed by atoms with Crippen LogP contribution in [-0.2, 0) is 29.5 Å². The number of unbranched alkanes of at least 4 members (excludes halogenated alkanes) is 1. The van der Waals surface area contributed by atoms with Crippen LogP contribution in [0.4, 0.5) is 0 Å². The van der Waals surface area contributed by atoms with Crippen molar-refractivity contribution in [1.82, 2.24) is 19.9 Å². The van der Waals surface area contributed by atoms with Crippen molar-refractivity contribution in [2.24, 2.45) is 7.05 Å². The first-order valence-corrected chi connectivity index (χ1v) is 15.1. The molecule has 0 N–H and O–H groups in total. The molecule has 1 atom stereocenters. The fourth-order valence-corrected chi connectivity index (χ4v) is 5.98. The largest absolute Gasteiger partial charge is 0.494 e. The third-order valence-corrected chi connectivity index (χ3v) is 8.20. The summed E-state index contributed by atoms with van der Waals surface area (Å²) in [6.07, 6.45) is 2.79. The zero-order valence-electron chi connectivity index (χ0n) is 25.1. The Bertz CT molecular complexity index is 1640. The number of methoxy groups -OCH3 is 1. The van der Waals surface area contributed by atoms with Crippen molar-refractivity contribution in [2.75, 3.05) is 26.9 Å². The van der Waals surface area contributed by atoms with Crippen LogP contribution in [0.15, 0.2) is 48.5 Å². The van der Waals surface area contributed by atoms with E-state index < -0.39 is 0 Å². The number of amides is 1. The Morgan fingerprint density at radius 1 is 1.12 bits per heavy atom. The van der Waals surface area contributed by atoms with Gasteiger partial charge in [-0.05, 0) is 72.4 Å². The highest BCUT2D eigenvalue weighted by atomic mass is 35.5. The van der Waals surface area contributed by atoms with E-state index in [-0.39, 0.29) is 24.2 Å². The molecule has 0 aliphatic carbocycles. The van der Waals surface area contributed by atoms with Crippen LogP contribution in [-0.4, -0.2) is 58.6 Å². The van der Waals surface area contributed by atoms with Gasteiger partial charge in [-0.25, -0.2) is 4.68 Å². The number of carbonyl (C=O) groups is 2. The van der Waals surface area contributed by atoms with Gasteiger partial charge < -0.3 is 19.1 Å². The summed E-state index contributed by atoms with van der Waals surface area (Å²) in [5, 5.41) is 8.84. The molecular weight excluding hydrogens is 568 g/mol. The monoisotopic (exact) mass is 604 g/mol. The van der Waals surface area contributed by atoms with Crippen molar-refractivity contribution < 1.29 is 23.8 Å². The molecule has 4 aromatic rings. The summed E-state index contributed by atoms with van der Waals surface area (Å²) in [7, 11) is 3.43. The van der Waals surface area contributed by atoms with E-state index in [1.165, 1.54) is 0 Å². The molecule has 226 valence electrons. The van der Waals surface area contributed by atoms with Gasteiger partial charge in [0.2, 0.25) is 0 Å². The van der Waals surface area contributed by atoms with Crippen LogP contribution in [0.25, 0.3) is 11.0 Å². The average molecular weight is 605 g/mol. The van der Waals surface area contributed by atoms with Crippen molar-refractivity contribution in [3.63, 3.8) is 0 Å². The van der Waals surface area contributed by atoms with Crippen LogP contribution in [0.3, 0.4) is 0 Å². The predicted molar refractivity (Wildman–Crippen MR) is 165 cm³/mol. The third-order valence-electron chi connectivity index (χ3n) is 7.89. The lowest BCUT2D eigenvalue weighted by atomic mass is 9.82. The lowest BCUT2D eigenvalue weighted by molar-refractivity contribution is -0.143. The van der Waals surface area contributed by atoms with Crippen LogP contribution >= 0.6 is 11.6 Å². The van der Waals surface area contributed by atoms with Gasteiger partial charge >= 0.3 is 5.97 Å². The number of halogens is 1. The first-order chi connectivity index (χ1) is 20.8. The van der Waals surface area contributed by atoms with Gasteiger partial charge in [0.15, 0.2) is 0 Å². The molecule has 1 aliphatic rings. The molecule has 1 amide bonds. The maximum absolute atomic E-state index is 13.6. The molecule has 0 fully saturated rings. The number of carbonyl (C=O) groups excluding carboxylic acids is 2. The van der Waals surface area contributed by atoms with Crippen molar-refractivity contribution in [3.8, 4) is 11.5 Å². The Morgan fingerprint density at radius 2 is 1.95 bits per heavy atom. The van der Waals surface area contributed by atoms with Crippen LogP contribution in [0.1, 0.15) is 71.6 Å². The van der Waals surface area contributed by atoms with E-state index >= 15 is 0 Å². The zero-order chi connectivity index (χ0) is 30.5. The quantitative estimate of drug-likeness (QED) is 0.151. The van der Waals surface area contributed by atoms with Crippen molar-refractivity contribution in [3.05, 3.63) is 81.4 Å². The molecule has 0 unspecified atom stereocenters. The SMILES string of the molecule is CCCCOc1ccc(C(=O)N2CCc3c(cccc3[C@H](CC(=O)OCC)c3cc(OC)c4c(c3)nnn4C)C2)c(Cl)c1. The number of nitrogens with zero attached hydrogens (tertiary/aromatic N) is 4. The second kappa shape index (κ2) is 13.5. The molecule has 5 rings (SSSR count). The third kappa shape index (κ3) is 6.46. The number of fused-ring (bicyclic) bond motifs is 2. The number of hydrogen-bond acceptors (Lipinski definition) is 7. The van der Waals surface area contributed by atoms with Gasteiger partial charge in [0.1, 0.15) is 22.5 Å². The lowest BCUT2D eigenvalue weighted by Gasteiger charge is -2.32. The smallest absolute Gasteiger partial charge is 0.306 e. The molecule has 0 saturated carbocycles. The van der Waals surface area contributed by atoms with E-state index in [0.29, 0.717) is 60.3 Å². The van der Waals surface area contributed by atoms with Gasteiger partial charge in [0, 0.05) is 26.1 Å². The van der Waals surface area contributed by atoms with E-state index in [2.05, 4.69) is 23.3 Å².